The largest absolute Gasteiger partial charge is 0.392 e. The van der Waals surface area contributed by atoms with Crippen molar-refractivity contribution >= 4 is 23.3 Å². The molecule has 266 valence electrons. The van der Waals surface area contributed by atoms with Crippen LogP contribution in [-0.4, -0.2) is 86.8 Å². The summed E-state index contributed by atoms with van der Waals surface area (Å²) in [6.07, 6.45) is 2.27. The first-order valence-electron chi connectivity index (χ1n) is 17.8. The van der Waals surface area contributed by atoms with Crippen LogP contribution < -0.4 is 5.32 Å². The lowest BCUT2D eigenvalue weighted by Crippen LogP contribution is -2.55. The lowest BCUT2D eigenvalue weighted by atomic mass is 9.76. The van der Waals surface area contributed by atoms with Crippen molar-refractivity contribution in [2.75, 3.05) is 6.54 Å². The molecule has 2 saturated heterocycles. The van der Waals surface area contributed by atoms with Gasteiger partial charge in [0, 0.05) is 51.0 Å². The van der Waals surface area contributed by atoms with Gasteiger partial charge < -0.3 is 30.1 Å². The molecular weight excluding hydrogens is 590 g/mol. The van der Waals surface area contributed by atoms with E-state index >= 15 is 0 Å². The highest BCUT2D eigenvalue weighted by atomic mass is 16.6. The third-order valence-electron chi connectivity index (χ3n) is 10.9. The number of aliphatic hydroxyl groups excluding tert-OH is 2. The summed E-state index contributed by atoms with van der Waals surface area (Å²) in [5, 5.41) is 35.0. The number of ether oxygens (including phenoxy) is 2. The molecule has 4 N–H and O–H groups in total. The number of hydrogen-bond acceptors (Lipinski definition) is 9. The molecule has 1 amide bonds. The maximum absolute atomic E-state index is 13.9. The Hall–Kier alpha value is -1.72. The maximum Gasteiger partial charge on any atom is 0.216 e. The van der Waals surface area contributed by atoms with Crippen LogP contribution in [0.1, 0.15) is 132 Å². The van der Waals surface area contributed by atoms with Crippen LogP contribution in [0.3, 0.4) is 0 Å². The average molecular weight is 654 g/mol. The summed E-state index contributed by atoms with van der Waals surface area (Å²) in [7, 11) is 0. The molecule has 10 nitrogen and oxygen atoms in total. The smallest absolute Gasteiger partial charge is 0.216 e. The van der Waals surface area contributed by atoms with Gasteiger partial charge in [0.05, 0.1) is 41.7 Å². The number of ketones is 3. The number of nitrogens with one attached hydrogen (secondary N) is 1. The Kier molecular flexibility index (Phi) is 16.0. The van der Waals surface area contributed by atoms with Crippen LogP contribution in [0.25, 0.3) is 0 Å². The van der Waals surface area contributed by atoms with Gasteiger partial charge in [0.25, 0.3) is 0 Å². The fourth-order valence-corrected chi connectivity index (χ4v) is 7.62. The number of Topliss-reactive ketones (excluding diaryl/α,β-unsaturated/α-hetero) is 3. The van der Waals surface area contributed by atoms with Crippen LogP contribution in [0.5, 0.6) is 0 Å². The molecular formula is C36H63NO9. The molecule has 0 bridgehead atoms. The first-order valence-corrected chi connectivity index (χ1v) is 17.8. The Labute approximate surface area is 276 Å². The predicted octanol–water partition coefficient (Wildman–Crippen LogP) is 4.47. The molecule has 11 unspecified atom stereocenters. The number of hydrogen-bond donors (Lipinski definition) is 4. The molecule has 46 heavy (non-hydrogen) atoms. The Morgan fingerprint density at radius 1 is 0.978 bits per heavy atom. The molecule has 11 atom stereocenters. The molecule has 0 aromatic rings. The summed E-state index contributed by atoms with van der Waals surface area (Å²) in [6, 6.07) is 0. The summed E-state index contributed by atoms with van der Waals surface area (Å²) in [5.74, 6) is -1.78. The molecule has 2 aliphatic rings. The Balaban J connectivity index is 1.91. The average Bonchev–Trinajstić information content (AvgIpc) is 3.35. The topological polar surface area (TPSA) is 159 Å². The van der Waals surface area contributed by atoms with Crippen molar-refractivity contribution in [1.82, 2.24) is 5.32 Å². The van der Waals surface area contributed by atoms with E-state index in [1.54, 1.807) is 6.92 Å². The normalized spacial score (nSPS) is 31.5. The van der Waals surface area contributed by atoms with Gasteiger partial charge in [-0.3, -0.25) is 19.2 Å². The van der Waals surface area contributed by atoms with Crippen molar-refractivity contribution in [1.29, 1.82) is 0 Å². The van der Waals surface area contributed by atoms with Crippen LogP contribution in [0.15, 0.2) is 0 Å². The molecule has 0 aromatic heterocycles. The Bertz CT molecular complexity index is 1020. The minimum Gasteiger partial charge on any atom is -0.392 e. The molecule has 0 aromatic carbocycles. The van der Waals surface area contributed by atoms with E-state index in [2.05, 4.69) is 19.2 Å². The highest BCUT2D eigenvalue weighted by Crippen LogP contribution is 2.48. The third kappa shape index (κ3) is 10.6. The van der Waals surface area contributed by atoms with Crippen molar-refractivity contribution in [3.8, 4) is 0 Å². The quantitative estimate of drug-likeness (QED) is 0.139. The summed E-state index contributed by atoms with van der Waals surface area (Å²) < 4.78 is 13.2. The molecule has 2 aliphatic heterocycles. The van der Waals surface area contributed by atoms with Gasteiger partial charge in [0.2, 0.25) is 5.91 Å². The number of aliphatic hydroxyl groups is 3. The van der Waals surface area contributed by atoms with Gasteiger partial charge in [-0.1, -0.05) is 41.5 Å². The second-order valence-electron chi connectivity index (χ2n) is 14.4. The minimum atomic E-state index is -1.06. The van der Waals surface area contributed by atoms with E-state index < -0.39 is 29.3 Å². The molecule has 10 heteroatoms. The van der Waals surface area contributed by atoms with Gasteiger partial charge in [-0.25, -0.2) is 0 Å². The fraction of sp³-hybridized carbons (Fsp3) is 0.889. The van der Waals surface area contributed by atoms with E-state index in [1.807, 2.05) is 27.7 Å². The highest BCUT2D eigenvalue weighted by Gasteiger charge is 2.55. The SMILES string of the molecule is CCC(C(=O)C(C)C(O)C(C)CCC(=O)CC(O)CC(=O)CCCNC(C)=O)C1OC(CC)(C2CCC(O)(CC)C(C)O2)CC1C. The van der Waals surface area contributed by atoms with Gasteiger partial charge in [0.1, 0.15) is 17.3 Å². The van der Waals surface area contributed by atoms with E-state index in [9.17, 15) is 34.5 Å². The number of amides is 1. The van der Waals surface area contributed by atoms with E-state index in [0.29, 0.717) is 45.1 Å². The Morgan fingerprint density at radius 2 is 1.61 bits per heavy atom. The fourth-order valence-electron chi connectivity index (χ4n) is 7.62. The standard InChI is InChI=1S/C36H63NO9/c1-9-30(34-23(5)21-36(11-3,46-34)31-16-17-35(44,10-2)25(7)45-31)33(43)24(6)32(42)22(4)14-15-28(40)20-29(41)19-27(39)13-12-18-37-26(8)38/h22-25,29-32,34,41-42,44H,9-21H2,1-8H3,(H,37,38). The lowest BCUT2D eigenvalue weighted by molar-refractivity contribution is -0.229. The molecule has 2 heterocycles. The molecule has 0 saturated carbocycles. The zero-order valence-electron chi connectivity index (χ0n) is 29.7. The predicted molar refractivity (Wildman–Crippen MR) is 176 cm³/mol. The van der Waals surface area contributed by atoms with Gasteiger partial charge >= 0.3 is 0 Å². The van der Waals surface area contributed by atoms with E-state index in [0.717, 1.165) is 12.8 Å². The number of rotatable bonds is 20. The molecule has 2 rings (SSSR count). The first kappa shape index (κ1) is 40.5. The molecule has 0 radical (unpaired) electrons. The van der Waals surface area contributed by atoms with E-state index in [1.165, 1.54) is 6.92 Å². The lowest BCUT2D eigenvalue weighted by Gasteiger charge is -2.47. The third-order valence-corrected chi connectivity index (χ3v) is 10.9. The van der Waals surface area contributed by atoms with Crippen LogP contribution in [0.2, 0.25) is 0 Å². The zero-order chi connectivity index (χ0) is 34.8. The van der Waals surface area contributed by atoms with Crippen molar-refractivity contribution in [3.05, 3.63) is 0 Å². The summed E-state index contributed by atoms with van der Waals surface area (Å²) in [6.45, 7) is 15.5. The second-order valence-corrected chi connectivity index (χ2v) is 14.4. The van der Waals surface area contributed by atoms with Crippen molar-refractivity contribution in [3.63, 3.8) is 0 Å². The zero-order valence-corrected chi connectivity index (χ0v) is 29.7. The van der Waals surface area contributed by atoms with Crippen molar-refractivity contribution in [2.45, 2.75) is 174 Å². The van der Waals surface area contributed by atoms with Gasteiger partial charge in [-0.05, 0) is 70.1 Å². The summed E-state index contributed by atoms with van der Waals surface area (Å²) in [5.41, 5.74) is -1.36. The number of carbonyl (C=O) groups excluding carboxylic acids is 4. The summed E-state index contributed by atoms with van der Waals surface area (Å²) >= 11 is 0. The van der Waals surface area contributed by atoms with Gasteiger partial charge in [-0.2, -0.15) is 0 Å². The van der Waals surface area contributed by atoms with E-state index in [4.69, 9.17) is 9.47 Å². The molecule has 2 fully saturated rings. The van der Waals surface area contributed by atoms with Crippen molar-refractivity contribution < 1.29 is 44.0 Å². The minimum absolute atomic E-state index is 0.0392. The molecule has 0 spiro atoms. The monoisotopic (exact) mass is 653 g/mol. The van der Waals surface area contributed by atoms with Crippen molar-refractivity contribution in [2.24, 2.45) is 23.7 Å². The second kappa shape index (κ2) is 18.2. The highest BCUT2D eigenvalue weighted by molar-refractivity contribution is 5.84. The van der Waals surface area contributed by atoms with Gasteiger partial charge in [0.15, 0.2) is 0 Å². The van der Waals surface area contributed by atoms with Gasteiger partial charge in [-0.15, -0.1) is 0 Å². The molecule has 0 aliphatic carbocycles. The van der Waals surface area contributed by atoms with Crippen LogP contribution in [0, 0.1) is 23.7 Å². The maximum atomic E-state index is 13.9. The van der Waals surface area contributed by atoms with E-state index in [-0.39, 0.29) is 85.0 Å². The first-order chi connectivity index (χ1) is 21.5. The van der Waals surface area contributed by atoms with Crippen LogP contribution >= 0.6 is 0 Å². The summed E-state index contributed by atoms with van der Waals surface area (Å²) in [4.78, 5) is 49.4. The number of carbonyl (C=O) groups is 4. The Morgan fingerprint density at radius 3 is 2.15 bits per heavy atom. The van der Waals surface area contributed by atoms with Crippen LogP contribution in [0.4, 0.5) is 0 Å². The van der Waals surface area contributed by atoms with Crippen LogP contribution in [-0.2, 0) is 28.7 Å².